The molecule has 2 aliphatic rings. The van der Waals surface area contributed by atoms with Crippen molar-refractivity contribution in [3.63, 3.8) is 0 Å². The summed E-state index contributed by atoms with van der Waals surface area (Å²) in [5.74, 6) is 6.68. The Morgan fingerprint density at radius 3 is 2.30 bits per heavy atom. The van der Waals surface area contributed by atoms with Crippen LogP contribution in [0.2, 0.25) is 0 Å². The molecule has 2 aliphatic heterocycles. The molecule has 2 unspecified atom stereocenters. The number of thiol groups is 2. The van der Waals surface area contributed by atoms with E-state index in [1.165, 1.54) is 48.0 Å². The Hall–Kier alpha value is 2.10. The van der Waals surface area contributed by atoms with Crippen LogP contribution in [0.1, 0.15) is 32.6 Å². The highest BCUT2D eigenvalue weighted by atomic mass is 32.2. The van der Waals surface area contributed by atoms with E-state index >= 15 is 0 Å². The standard InChI is InChI=1S/C14H26S6/c1-2-14(16,20-13-9-18-10-13)5-3-11(15)4-6-19-12-7-17-8-12/h11-13,15-16H,2-10H2,1H3. The first-order valence-electron chi connectivity index (χ1n) is 7.46. The summed E-state index contributed by atoms with van der Waals surface area (Å²) >= 11 is 18.2. The van der Waals surface area contributed by atoms with E-state index in [0.29, 0.717) is 5.25 Å². The molecule has 0 saturated carbocycles. The van der Waals surface area contributed by atoms with Crippen molar-refractivity contribution < 1.29 is 0 Å². The summed E-state index contributed by atoms with van der Waals surface area (Å²) in [5.41, 5.74) is 0. The Kier molecular flexibility index (Phi) is 8.67. The van der Waals surface area contributed by atoms with Crippen molar-refractivity contribution in [2.24, 2.45) is 0 Å². The Labute approximate surface area is 152 Å². The second kappa shape index (κ2) is 9.41. The lowest BCUT2D eigenvalue weighted by molar-refractivity contribution is 0.624. The molecule has 6 heteroatoms. The third-order valence-electron chi connectivity index (χ3n) is 3.83. The monoisotopic (exact) mass is 386 g/mol. The SMILES string of the molecule is CCC(S)(CCC(S)CCSC1CSC1)SC1CSC1. The van der Waals surface area contributed by atoms with Crippen molar-refractivity contribution in [3.8, 4) is 0 Å². The second-order valence-electron chi connectivity index (χ2n) is 5.59. The van der Waals surface area contributed by atoms with Crippen LogP contribution in [0.15, 0.2) is 0 Å². The quantitative estimate of drug-likeness (QED) is 0.391. The summed E-state index contributed by atoms with van der Waals surface area (Å²) in [6, 6.07) is 0. The van der Waals surface area contributed by atoms with Crippen LogP contribution in [0.4, 0.5) is 0 Å². The average Bonchev–Trinajstić information content (AvgIpc) is 2.35. The largest absolute Gasteiger partial charge is 0.176 e. The second-order valence-corrected chi connectivity index (χ2v) is 12.7. The Bertz CT molecular complexity index is 279. The third-order valence-corrected chi connectivity index (χ3v) is 11.5. The highest BCUT2D eigenvalue weighted by Gasteiger charge is 2.31. The molecule has 0 aromatic rings. The van der Waals surface area contributed by atoms with Gasteiger partial charge in [0.2, 0.25) is 0 Å². The molecule has 2 rings (SSSR count). The number of rotatable bonds is 10. The first kappa shape index (κ1) is 18.4. The van der Waals surface area contributed by atoms with Crippen molar-refractivity contribution in [2.75, 3.05) is 28.8 Å². The lowest BCUT2D eigenvalue weighted by Gasteiger charge is -2.35. The van der Waals surface area contributed by atoms with E-state index in [9.17, 15) is 0 Å². The molecule has 0 radical (unpaired) electrons. The van der Waals surface area contributed by atoms with Crippen LogP contribution >= 0.6 is 72.3 Å². The molecule has 0 spiro atoms. The predicted molar refractivity (Wildman–Crippen MR) is 111 cm³/mol. The van der Waals surface area contributed by atoms with Crippen LogP contribution in [0.3, 0.4) is 0 Å². The van der Waals surface area contributed by atoms with E-state index in [1.54, 1.807) is 0 Å². The fourth-order valence-electron chi connectivity index (χ4n) is 2.13. The summed E-state index contributed by atoms with van der Waals surface area (Å²) in [7, 11) is 0. The summed E-state index contributed by atoms with van der Waals surface area (Å²) < 4.78 is 0.185. The molecular weight excluding hydrogens is 361 g/mol. The van der Waals surface area contributed by atoms with Gasteiger partial charge in [0, 0.05) is 38.8 Å². The van der Waals surface area contributed by atoms with Crippen LogP contribution in [0.5, 0.6) is 0 Å². The topological polar surface area (TPSA) is 0 Å². The van der Waals surface area contributed by atoms with Crippen LogP contribution in [-0.4, -0.2) is 48.6 Å². The van der Waals surface area contributed by atoms with Gasteiger partial charge in [-0.1, -0.05) is 6.92 Å². The molecule has 0 N–H and O–H groups in total. The van der Waals surface area contributed by atoms with Gasteiger partial charge in [0.15, 0.2) is 0 Å². The molecule has 2 heterocycles. The van der Waals surface area contributed by atoms with Gasteiger partial charge in [-0.05, 0) is 31.4 Å². The molecule has 2 fully saturated rings. The van der Waals surface area contributed by atoms with Gasteiger partial charge in [0.05, 0.1) is 4.08 Å². The minimum Gasteiger partial charge on any atom is -0.176 e. The molecule has 2 saturated heterocycles. The van der Waals surface area contributed by atoms with Gasteiger partial charge in [-0.15, -0.1) is 11.8 Å². The lowest BCUT2D eigenvalue weighted by atomic mass is 10.1. The molecule has 0 amide bonds. The summed E-state index contributed by atoms with van der Waals surface area (Å²) in [6.07, 6.45) is 4.84. The zero-order chi connectivity index (χ0) is 14.4. The van der Waals surface area contributed by atoms with Crippen molar-refractivity contribution in [3.05, 3.63) is 0 Å². The van der Waals surface area contributed by atoms with Crippen LogP contribution in [-0.2, 0) is 0 Å². The third kappa shape index (κ3) is 6.31. The van der Waals surface area contributed by atoms with Gasteiger partial charge < -0.3 is 0 Å². The normalized spacial score (nSPS) is 24.8. The minimum atomic E-state index is 0.185. The molecule has 0 aromatic heterocycles. The molecule has 0 aliphatic carbocycles. The molecule has 2 atom stereocenters. The van der Waals surface area contributed by atoms with Crippen LogP contribution < -0.4 is 0 Å². The summed E-state index contributed by atoms with van der Waals surface area (Å²) in [5, 5.41) is 2.35. The van der Waals surface area contributed by atoms with E-state index in [-0.39, 0.29) is 4.08 Å². The predicted octanol–water partition coefficient (Wildman–Crippen LogP) is 5.19. The van der Waals surface area contributed by atoms with E-state index < -0.39 is 0 Å². The maximum Gasteiger partial charge on any atom is 0.0582 e. The van der Waals surface area contributed by atoms with E-state index in [2.05, 4.69) is 54.0 Å². The molecule has 0 aromatic carbocycles. The average molecular weight is 387 g/mol. The number of thioether (sulfide) groups is 4. The van der Waals surface area contributed by atoms with E-state index in [1.807, 2.05) is 0 Å². The number of hydrogen-bond donors (Lipinski definition) is 2. The van der Waals surface area contributed by atoms with Crippen LogP contribution in [0, 0.1) is 0 Å². The lowest BCUT2D eigenvalue weighted by Crippen LogP contribution is -2.29. The van der Waals surface area contributed by atoms with Crippen molar-refractivity contribution >= 4 is 72.3 Å². The Morgan fingerprint density at radius 1 is 1.15 bits per heavy atom. The van der Waals surface area contributed by atoms with Gasteiger partial charge in [-0.3, -0.25) is 0 Å². The van der Waals surface area contributed by atoms with Gasteiger partial charge in [-0.25, -0.2) is 0 Å². The maximum atomic E-state index is 4.98. The highest BCUT2D eigenvalue weighted by Crippen LogP contribution is 2.45. The highest BCUT2D eigenvalue weighted by molar-refractivity contribution is 8.14. The molecule has 20 heavy (non-hydrogen) atoms. The summed E-state index contributed by atoms with van der Waals surface area (Å²) in [6.45, 7) is 2.28. The molecule has 0 bridgehead atoms. The van der Waals surface area contributed by atoms with Gasteiger partial charge in [0.1, 0.15) is 0 Å². The van der Waals surface area contributed by atoms with Crippen LogP contribution in [0.25, 0.3) is 0 Å². The smallest absolute Gasteiger partial charge is 0.0582 e. The zero-order valence-corrected chi connectivity index (χ0v) is 17.2. The molecule has 118 valence electrons. The minimum absolute atomic E-state index is 0.185. The number of hydrogen-bond acceptors (Lipinski definition) is 6. The van der Waals surface area contributed by atoms with Crippen molar-refractivity contribution in [2.45, 2.75) is 52.4 Å². The van der Waals surface area contributed by atoms with Gasteiger partial charge in [0.25, 0.3) is 0 Å². The van der Waals surface area contributed by atoms with Gasteiger partial charge >= 0.3 is 0 Å². The Morgan fingerprint density at radius 2 is 1.80 bits per heavy atom. The molecular formula is C14H26S6. The zero-order valence-electron chi connectivity index (χ0n) is 12.1. The van der Waals surface area contributed by atoms with E-state index in [0.717, 1.165) is 16.9 Å². The van der Waals surface area contributed by atoms with Gasteiger partial charge in [-0.2, -0.15) is 60.5 Å². The van der Waals surface area contributed by atoms with Crippen molar-refractivity contribution in [1.82, 2.24) is 0 Å². The Balaban J connectivity index is 1.57. The first-order valence-corrected chi connectivity index (χ1v) is 12.7. The fourth-order valence-corrected chi connectivity index (χ4v) is 8.24. The molecule has 0 nitrogen and oxygen atoms in total. The summed E-state index contributed by atoms with van der Waals surface area (Å²) in [4.78, 5) is 0. The fraction of sp³-hybridized carbons (Fsp3) is 1.00. The maximum absolute atomic E-state index is 4.98. The van der Waals surface area contributed by atoms with Crippen molar-refractivity contribution in [1.29, 1.82) is 0 Å². The van der Waals surface area contributed by atoms with E-state index in [4.69, 9.17) is 25.3 Å². The first-order chi connectivity index (χ1) is 9.61.